The number of hydrogen-bond acceptors (Lipinski definition) is 6. The van der Waals surface area contributed by atoms with Crippen LogP contribution in [0.25, 0.3) is 5.95 Å². The first-order valence-corrected chi connectivity index (χ1v) is 6.30. The molecule has 3 aromatic rings. The van der Waals surface area contributed by atoms with Crippen LogP contribution in [0.4, 0.5) is 5.95 Å². The summed E-state index contributed by atoms with van der Waals surface area (Å²) in [6.45, 7) is 1.34. The van der Waals surface area contributed by atoms with Gasteiger partial charge in [-0.05, 0) is 17.7 Å². The highest BCUT2D eigenvalue weighted by Crippen LogP contribution is 2.09. The molecule has 0 aromatic carbocycles. The van der Waals surface area contributed by atoms with Crippen molar-refractivity contribution in [2.45, 2.75) is 6.54 Å². The molecule has 0 unspecified atom stereocenters. The highest BCUT2D eigenvalue weighted by atomic mass is 35.5. The van der Waals surface area contributed by atoms with Gasteiger partial charge in [-0.3, -0.25) is 9.25 Å². The van der Waals surface area contributed by atoms with Crippen molar-refractivity contribution in [3.8, 4) is 5.95 Å². The Labute approximate surface area is 119 Å². The van der Waals surface area contributed by atoms with Crippen LogP contribution in [0.5, 0.6) is 0 Å². The Morgan fingerprint density at radius 1 is 1.15 bits per heavy atom. The minimum Gasteiger partial charge on any atom is -0.352 e. The van der Waals surface area contributed by atoms with Crippen molar-refractivity contribution in [3.63, 3.8) is 0 Å². The third-order valence-electron chi connectivity index (χ3n) is 2.51. The molecule has 0 aliphatic rings. The molecule has 0 spiro atoms. The monoisotopic (exact) mass is 290 g/mol. The molecule has 3 heterocycles. The van der Waals surface area contributed by atoms with E-state index in [9.17, 15) is 0 Å². The van der Waals surface area contributed by atoms with Crippen LogP contribution in [0.1, 0.15) is 0 Å². The van der Waals surface area contributed by atoms with Crippen molar-refractivity contribution in [2.75, 3.05) is 11.9 Å². The maximum Gasteiger partial charge on any atom is 0.241 e. The first-order chi connectivity index (χ1) is 9.81. The molecule has 102 valence electrons. The highest BCUT2D eigenvalue weighted by molar-refractivity contribution is 6.28. The number of rotatable bonds is 5. The summed E-state index contributed by atoms with van der Waals surface area (Å²) < 4.78 is 3.47. The van der Waals surface area contributed by atoms with Gasteiger partial charge < -0.3 is 5.32 Å². The summed E-state index contributed by atoms with van der Waals surface area (Å²) in [4.78, 5) is 16.3. The van der Waals surface area contributed by atoms with Crippen LogP contribution in [0, 0.1) is 0 Å². The van der Waals surface area contributed by atoms with E-state index in [1.807, 2.05) is 16.9 Å². The molecule has 1 N–H and O–H groups in total. The van der Waals surface area contributed by atoms with Crippen molar-refractivity contribution in [3.05, 3.63) is 42.5 Å². The number of hydrogen-bond donors (Lipinski definition) is 1. The van der Waals surface area contributed by atoms with Crippen LogP contribution in [-0.4, -0.2) is 40.8 Å². The van der Waals surface area contributed by atoms with E-state index in [4.69, 9.17) is 11.6 Å². The van der Waals surface area contributed by atoms with Gasteiger partial charge in [0, 0.05) is 31.3 Å². The molecule has 0 atom stereocenters. The highest BCUT2D eigenvalue weighted by Gasteiger charge is 2.06. The number of imidazole rings is 1. The first kappa shape index (κ1) is 12.5. The molecular formula is C11H11ClN8. The van der Waals surface area contributed by atoms with Gasteiger partial charge in [-0.2, -0.15) is 20.1 Å². The Hall–Kier alpha value is -2.48. The predicted octanol–water partition coefficient (Wildman–Crippen LogP) is 1.02. The Balaban J connectivity index is 1.70. The van der Waals surface area contributed by atoms with Crippen LogP contribution < -0.4 is 5.32 Å². The second-order valence-corrected chi connectivity index (χ2v) is 4.23. The number of nitrogens with one attached hydrogen (secondary N) is 1. The molecule has 0 radical (unpaired) electrons. The quantitative estimate of drug-likeness (QED) is 0.755. The van der Waals surface area contributed by atoms with Crippen molar-refractivity contribution < 1.29 is 0 Å². The molecule has 3 rings (SSSR count). The molecule has 20 heavy (non-hydrogen) atoms. The second-order valence-electron chi connectivity index (χ2n) is 3.89. The fourth-order valence-corrected chi connectivity index (χ4v) is 1.78. The standard InChI is InChI=1S/C11H11ClN8/c12-9-16-10(14-4-7-20-5-1-2-15-20)18-11(17-9)19-6-3-13-8-19/h1-3,5-6,8H,4,7H2,(H,14,16,17,18). The summed E-state index contributed by atoms with van der Waals surface area (Å²) in [6.07, 6.45) is 8.59. The average Bonchev–Trinajstić information content (AvgIpc) is 3.11. The maximum atomic E-state index is 5.89. The van der Waals surface area contributed by atoms with Gasteiger partial charge in [0.1, 0.15) is 6.33 Å². The fourth-order valence-electron chi connectivity index (χ4n) is 1.63. The number of halogens is 1. The summed E-state index contributed by atoms with van der Waals surface area (Å²) in [5.74, 6) is 0.838. The van der Waals surface area contributed by atoms with Crippen LogP contribution in [0.3, 0.4) is 0 Å². The number of aromatic nitrogens is 7. The summed E-state index contributed by atoms with van der Waals surface area (Å²) in [5.41, 5.74) is 0. The molecule has 8 nitrogen and oxygen atoms in total. The molecule has 3 aromatic heterocycles. The normalized spacial score (nSPS) is 10.7. The zero-order valence-electron chi connectivity index (χ0n) is 10.4. The molecule has 0 fully saturated rings. The molecule has 0 saturated heterocycles. The van der Waals surface area contributed by atoms with Crippen molar-refractivity contribution in [2.24, 2.45) is 0 Å². The van der Waals surface area contributed by atoms with E-state index < -0.39 is 0 Å². The lowest BCUT2D eigenvalue weighted by atomic mass is 10.6. The third kappa shape index (κ3) is 2.91. The van der Waals surface area contributed by atoms with Gasteiger partial charge >= 0.3 is 0 Å². The lowest BCUT2D eigenvalue weighted by Gasteiger charge is -2.07. The Bertz CT molecular complexity index is 664. The molecule has 0 bridgehead atoms. The van der Waals surface area contributed by atoms with E-state index >= 15 is 0 Å². The zero-order chi connectivity index (χ0) is 13.8. The predicted molar refractivity (Wildman–Crippen MR) is 72.7 cm³/mol. The smallest absolute Gasteiger partial charge is 0.241 e. The maximum absolute atomic E-state index is 5.89. The number of anilines is 1. The fraction of sp³-hybridized carbons (Fsp3) is 0.182. The summed E-state index contributed by atoms with van der Waals surface area (Å²) in [6, 6.07) is 1.87. The van der Waals surface area contributed by atoms with Gasteiger partial charge in [0.2, 0.25) is 17.2 Å². The second kappa shape index (κ2) is 5.66. The van der Waals surface area contributed by atoms with Crippen molar-refractivity contribution >= 4 is 17.5 Å². The van der Waals surface area contributed by atoms with Gasteiger partial charge in [-0.25, -0.2) is 4.98 Å². The average molecular weight is 291 g/mol. The van der Waals surface area contributed by atoms with Crippen LogP contribution >= 0.6 is 11.6 Å². The Morgan fingerprint density at radius 2 is 2.10 bits per heavy atom. The van der Waals surface area contributed by atoms with E-state index in [2.05, 4.69) is 30.4 Å². The topological polar surface area (TPSA) is 86.3 Å². The minimum absolute atomic E-state index is 0.130. The lowest BCUT2D eigenvalue weighted by Crippen LogP contribution is -2.14. The summed E-state index contributed by atoms with van der Waals surface area (Å²) in [7, 11) is 0. The molecule has 0 amide bonds. The largest absolute Gasteiger partial charge is 0.352 e. The van der Waals surface area contributed by atoms with E-state index in [0.717, 1.165) is 0 Å². The first-order valence-electron chi connectivity index (χ1n) is 5.92. The van der Waals surface area contributed by atoms with E-state index in [-0.39, 0.29) is 5.28 Å². The van der Waals surface area contributed by atoms with Gasteiger partial charge in [0.05, 0.1) is 6.54 Å². The van der Waals surface area contributed by atoms with Crippen molar-refractivity contribution in [1.29, 1.82) is 0 Å². The van der Waals surface area contributed by atoms with Gasteiger partial charge in [-0.1, -0.05) is 0 Å². The van der Waals surface area contributed by atoms with Gasteiger partial charge in [0.15, 0.2) is 0 Å². The minimum atomic E-state index is 0.130. The van der Waals surface area contributed by atoms with Gasteiger partial charge in [0.25, 0.3) is 0 Å². The Morgan fingerprint density at radius 3 is 2.85 bits per heavy atom. The molecule has 0 aliphatic heterocycles. The SMILES string of the molecule is Clc1nc(NCCn2cccn2)nc(-n2ccnc2)n1. The lowest BCUT2D eigenvalue weighted by molar-refractivity contribution is 0.635. The molecule has 0 saturated carbocycles. The Kier molecular flexibility index (Phi) is 3.55. The van der Waals surface area contributed by atoms with Crippen LogP contribution in [0.15, 0.2) is 37.2 Å². The van der Waals surface area contributed by atoms with Crippen LogP contribution in [0.2, 0.25) is 5.28 Å². The van der Waals surface area contributed by atoms with E-state index in [0.29, 0.717) is 25.0 Å². The summed E-state index contributed by atoms with van der Waals surface area (Å²) in [5, 5.41) is 7.32. The van der Waals surface area contributed by atoms with Crippen molar-refractivity contribution in [1.82, 2.24) is 34.3 Å². The molecular weight excluding hydrogens is 280 g/mol. The number of nitrogens with zero attached hydrogens (tertiary/aromatic N) is 7. The van der Waals surface area contributed by atoms with Gasteiger partial charge in [-0.15, -0.1) is 0 Å². The van der Waals surface area contributed by atoms with E-state index in [1.165, 1.54) is 0 Å². The van der Waals surface area contributed by atoms with Crippen LogP contribution in [-0.2, 0) is 6.54 Å². The third-order valence-corrected chi connectivity index (χ3v) is 2.68. The summed E-state index contributed by atoms with van der Waals surface area (Å²) >= 11 is 5.89. The molecule has 9 heteroatoms. The molecule has 0 aliphatic carbocycles. The zero-order valence-corrected chi connectivity index (χ0v) is 11.1. The van der Waals surface area contributed by atoms with E-state index in [1.54, 1.807) is 29.5 Å².